The van der Waals surface area contributed by atoms with E-state index in [0.717, 1.165) is 51.2 Å². The van der Waals surface area contributed by atoms with Crippen LogP contribution in [0.25, 0.3) is 0 Å². The first kappa shape index (κ1) is 20.2. The van der Waals surface area contributed by atoms with Gasteiger partial charge in [0.25, 0.3) is 0 Å². The molecule has 2 aliphatic rings. The van der Waals surface area contributed by atoms with Crippen LogP contribution in [0, 0.1) is 11.8 Å². The number of nitrogens with one attached hydrogen (secondary N) is 2. The van der Waals surface area contributed by atoms with E-state index in [2.05, 4.69) is 24.5 Å². The Morgan fingerprint density at radius 3 is 2.22 bits per heavy atom. The molecule has 0 bridgehead atoms. The third-order valence-electron chi connectivity index (χ3n) is 4.92. The molecule has 2 fully saturated rings. The van der Waals surface area contributed by atoms with Crippen molar-refractivity contribution < 1.29 is 9.59 Å². The lowest BCUT2D eigenvalue weighted by Gasteiger charge is -2.34. The summed E-state index contributed by atoms with van der Waals surface area (Å²) in [6.07, 6.45) is 6.19. The highest BCUT2D eigenvalue weighted by Gasteiger charge is 2.27. The van der Waals surface area contributed by atoms with Gasteiger partial charge in [-0.3, -0.25) is 9.59 Å². The van der Waals surface area contributed by atoms with Gasteiger partial charge in [0.1, 0.15) is 0 Å². The molecule has 23 heavy (non-hydrogen) atoms. The molecule has 134 valence electrons. The molecule has 1 aliphatic heterocycles. The zero-order valence-electron chi connectivity index (χ0n) is 14.5. The van der Waals surface area contributed by atoms with Crippen LogP contribution < -0.4 is 10.6 Å². The predicted molar refractivity (Wildman–Crippen MR) is 94.7 cm³/mol. The average molecular weight is 346 g/mol. The summed E-state index contributed by atoms with van der Waals surface area (Å²) in [4.78, 5) is 26.2. The molecule has 6 heteroatoms. The smallest absolute Gasteiger partial charge is 0.234 e. The van der Waals surface area contributed by atoms with Gasteiger partial charge < -0.3 is 15.5 Å². The molecular formula is C17H32ClN3O2. The van der Waals surface area contributed by atoms with E-state index in [1.165, 1.54) is 12.8 Å². The van der Waals surface area contributed by atoms with E-state index in [1.807, 2.05) is 4.90 Å². The highest BCUT2D eigenvalue weighted by Crippen LogP contribution is 2.27. The molecule has 1 heterocycles. The van der Waals surface area contributed by atoms with Gasteiger partial charge in [-0.25, -0.2) is 0 Å². The average Bonchev–Trinajstić information content (AvgIpc) is 3.33. The highest BCUT2D eigenvalue weighted by molar-refractivity contribution is 5.85. The standard InChI is InChI=1S/C17H31N3O2.ClH/c1-3-14(4-2)17(22)20-9-7-15(8-10-20)19-16(21)12-18-11-13-5-6-13;/h13-15,18H,3-12H2,1-2H3,(H,19,21);1H. The molecule has 0 atom stereocenters. The van der Waals surface area contributed by atoms with E-state index >= 15 is 0 Å². The summed E-state index contributed by atoms with van der Waals surface area (Å²) in [5.74, 6) is 1.34. The Bertz CT molecular complexity index is 376. The second-order valence-electron chi connectivity index (χ2n) is 6.75. The zero-order chi connectivity index (χ0) is 15.9. The molecule has 2 N–H and O–H groups in total. The second kappa shape index (κ2) is 10.1. The second-order valence-corrected chi connectivity index (χ2v) is 6.75. The van der Waals surface area contributed by atoms with Crippen molar-refractivity contribution in [2.24, 2.45) is 11.8 Å². The molecule has 2 amide bonds. The number of halogens is 1. The number of hydrogen-bond acceptors (Lipinski definition) is 3. The first-order chi connectivity index (χ1) is 10.6. The molecule has 1 saturated carbocycles. The first-order valence-corrected chi connectivity index (χ1v) is 8.92. The molecule has 0 aromatic rings. The SMILES string of the molecule is CCC(CC)C(=O)N1CCC(NC(=O)CNCC2CC2)CC1.Cl. The van der Waals surface area contributed by atoms with E-state index in [4.69, 9.17) is 0 Å². The maximum Gasteiger partial charge on any atom is 0.234 e. The Balaban J connectivity index is 0.00000264. The number of piperidine rings is 1. The van der Waals surface area contributed by atoms with Crippen LogP contribution >= 0.6 is 12.4 Å². The zero-order valence-corrected chi connectivity index (χ0v) is 15.3. The molecular weight excluding hydrogens is 314 g/mol. The summed E-state index contributed by atoms with van der Waals surface area (Å²) >= 11 is 0. The minimum absolute atomic E-state index is 0. The monoisotopic (exact) mass is 345 g/mol. The Labute approximate surface area is 146 Å². The van der Waals surface area contributed by atoms with Gasteiger partial charge in [-0.05, 0) is 51.0 Å². The van der Waals surface area contributed by atoms with Crippen LogP contribution in [0.4, 0.5) is 0 Å². The predicted octanol–water partition coefficient (Wildman–Crippen LogP) is 1.95. The molecule has 5 nitrogen and oxygen atoms in total. The molecule has 0 aromatic carbocycles. The Morgan fingerprint density at radius 2 is 1.70 bits per heavy atom. The summed E-state index contributed by atoms with van der Waals surface area (Å²) in [7, 11) is 0. The fourth-order valence-corrected chi connectivity index (χ4v) is 3.13. The summed E-state index contributed by atoms with van der Waals surface area (Å²) in [5, 5.41) is 6.31. The highest BCUT2D eigenvalue weighted by atomic mass is 35.5. The van der Waals surface area contributed by atoms with Crippen LogP contribution in [-0.2, 0) is 9.59 Å². The molecule has 2 rings (SSSR count). The van der Waals surface area contributed by atoms with Gasteiger partial charge >= 0.3 is 0 Å². The fraction of sp³-hybridized carbons (Fsp3) is 0.882. The van der Waals surface area contributed by atoms with Crippen molar-refractivity contribution in [1.82, 2.24) is 15.5 Å². The van der Waals surface area contributed by atoms with Crippen molar-refractivity contribution in [2.75, 3.05) is 26.2 Å². The molecule has 0 radical (unpaired) electrons. The van der Waals surface area contributed by atoms with Crippen molar-refractivity contribution >= 4 is 24.2 Å². The first-order valence-electron chi connectivity index (χ1n) is 8.92. The van der Waals surface area contributed by atoms with Gasteiger partial charge in [0.05, 0.1) is 6.54 Å². The Hall–Kier alpha value is -0.810. The van der Waals surface area contributed by atoms with Crippen molar-refractivity contribution in [1.29, 1.82) is 0 Å². The normalized spacial score (nSPS) is 18.7. The van der Waals surface area contributed by atoms with Crippen LogP contribution in [0.5, 0.6) is 0 Å². The van der Waals surface area contributed by atoms with Crippen LogP contribution in [0.15, 0.2) is 0 Å². The maximum atomic E-state index is 12.3. The molecule has 0 aromatic heterocycles. The summed E-state index contributed by atoms with van der Waals surface area (Å²) in [6.45, 7) is 7.09. The molecule has 1 saturated heterocycles. The summed E-state index contributed by atoms with van der Waals surface area (Å²) < 4.78 is 0. The van der Waals surface area contributed by atoms with E-state index in [9.17, 15) is 9.59 Å². The summed E-state index contributed by atoms with van der Waals surface area (Å²) in [6, 6.07) is 0.223. The molecule has 0 unspecified atom stereocenters. The van der Waals surface area contributed by atoms with Crippen molar-refractivity contribution in [2.45, 2.75) is 58.4 Å². The van der Waals surface area contributed by atoms with Crippen LogP contribution in [0.1, 0.15) is 52.4 Å². The van der Waals surface area contributed by atoms with Gasteiger partial charge in [-0.15, -0.1) is 12.4 Å². The minimum atomic E-state index is 0. The van der Waals surface area contributed by atoms with Crippen molar-refractivity contribution in [3.8, 4) is 0 Å². The van der Waals surface area contributed by atoms with E-state index in [-0.39, 0.29) is 30.3 Å². The van der Waals surface area contributed by atoms with E-state index < -0.39 is 0 Å². The topological polar surface area (TPSA) is 61.4 Å². The van der Waals surface area contributed by atoms with Crippen LogP contribution in [0.2, 0.25) is 0 Å². The van der Waals surface area contributed by atoms with Gasteiger partial charge in [0, 0.05) is 25.0 Å². The minimum Gasteiger partial charge on any atom is -0.352 e. The van der Waals surface area contributed by atoms with E-state index in [1.54, 1.807) is 0 Å². The Morgan fingerprint density at radius 1 is 1.09 bits per heavy atom. The number of nitrogens with zero attached hydrogens (tertiary/aromatic N) is 1. The number of hydrogen-bond donors (Lipinski definition) is 2. The van der Waals surface area contributed by atoms with Gasteiger partial charge in [0.2, 0.25) is 11.8 Å². The van der Waals surface area contributed by atoms with Gasteiger partial charge in [-0.2, -0.15) is 0 Å². The van der Waals surface area contributed by atoms with Crippen LogP contribution in [-0.4, -0.2) is 48.9 Å². The number of carbonyl (C=O) groups excluding carboxylic acids is 2. The quantitative estimate of drug-likeness (QED) is 0.707. The van der Waals surface area contributed by atoms with Gasteiger partial charge in [0.15, 0.2) is 0 Å². The number of rotatable bonds is 8. The summed E-state index contributed by atoms with van der Waals surface area (Å²) in [5.41, 5.74) is 0. The number of amides is 2. The van der Waals surface area contributed by atoms with Gasteiger partial charge in [-0.1, -0.05) is 13.8 Å². The maximum absolute atomic E-state index is 12.3. The van der Waals surface area contributed by atoms with Crippen molar-refractivity contribution in [3.63, 3.8) is 0 Å². The van der Waals surface area contributed by atoms with E-state index in [0.29, 0.717) is 12.5 Å². The third kappa shape index (κ3) is 6.68. The van der Waals surface area contributed by atoms with Crippen molar-refractivity contribution in [3.05, 3.63) is 0 Å². The lowest BCUT2D eigenvalue weighted by molar-refractivity contribution is -0.137. The molecule has 0 spiro atoms. The largest absolute Gasteiger partial charge is 0.352 e. The Kier molecular flexibility index (Phi) is 8.92. The number of likely N-dealkylation sites (tertiary alicyclic amines) is 1. The fourth-order valence-electron chi connectivity index (χ4n) is 3.13. The lowest BCUT2D eigenvalue weighted by atomic mass is 9.98. The lowest BCUT2D eigenvalue weighted by Crippen LogP contribution is -2.49. The molecule has 1 aliphatic carbocycles. The third-order valence-corrected chi connectivity index (χ3v) is 4.92. The van der Waals surface area contributed by atoms with Crippen LogP contribution in [0.3, 0.4) is 0 Å². The number of carbonyl (C=O) groups is 2.